The normalized spacial score (nSPS) is 20.3. The van der Waals surface area contributed by atoms with Gasteiger partial charge in [0, 0.05) is 18.5 Å². The summed E-state index contributed by atoms with van der Waals surface area (Å²) in [6, 6.07) is 9.75. The highest BCUT2D eigenvalue weighted by Crippen LogP contribution is 2.34. The third-order valence-corrected chi connectivity index (χ3v) is 7.41. The fraction of sp³-hybridized carbons (Fsp3) is 0.500. The van der Waals surface area contributed by atoms with Gasteiger partial charge in [0.15, 0.2) is 0 Å². The van der Waals surface area contributed by atoms with E-state index in [1.165, 1.54) is 12.1 Å². The van der Waals surface area contributed by atoms with E-state index in [0.29, 0.717) is 30.4 Å². The molecule has 0 radical (unpaired) electrons. The molecule has 2 aliphatic rings. The topological polar surface area (TPSA) is 82.9 Å². The van der Waals surface area contributed by atoms with Gasteiger partial charge in [0.25, 0.3) is 5.91 Å². The summed E-state index contributed by atoms with van der Waals surface area (Å²) in [4.78, 5) is 28.7. The first-order valence-corrected chi connectivity index (χ1v) is 13.4. The predicted molar refractivity (Wildman–Crippen MR) is 143 cm³/mol. The van der Waals surface area contributed by atoms with Crippen LogP contribution in [0.3, 0.4) is 0 Å². The summed E-state index contributed by atoms with van der Waals surface area (Å²) in [5.74, 6) is -1.72. The molecule has 214 valence electrons. The third kappa shape index (κ3) is 6.76. The van der Waals surface area contributed by atoms with Crippen molar-refractivity contribution in [3.63, 3.8) is 0 Å². The number of piperidine rings is 1. The van der Waals surface area contributed by atoms with Crippen LogP contribution in [-0.2, 0) is 9.53 Å². The Labute approximate surface area is 232 Å². The van der Waals surface area contributed by atoms with Crippen molar-refractivity contribution in [3.8, 4) is 22.9 Å². The minimum absolute atomic E-state index is 0.155. The summed E-state index contributed by atoms with van der Waals surface area (Å²) in [5, 5.41) is 9.89. The van der Waals surface area contributed by atoms with Gasteiger partial charge in [0.05, 0.1) is 37.5 Å². The molecule has 2 aromatic carbocycles. The summed E-state index contributed by atoms with van der Waals surface area (Å²) in [7, 11) is 1.14. The number of esters is 1. The molecule has 0 aromatic heterocycles. The molecule has 0 spiro atoms. The molecule has 40 heavy (non-hydrogen) atoms. The standard InChI is InChI=1S/C30H34F3N3O4/c1-30(2,33)18-35-11-9-19(10-12-35)17-40-22-7-8-23(20(13-22)15-34)24-5-4-6-25(32)27(24)28(37)36-16-21(31)14-26(36)29(38)39-3/h4-8,13,19,21,26H,9-12,14,16-18H2,1-3H3/t21-,26-/m0/s1. The monoisotopic (exact) mass is 557 g/mol. The van der Waals surface area contributed by atoms with Crippen LogP contribution in [0.25, 0.3) is 11.1 Å². The summed E-state index contributed by atoms with van der Waals surface area (Å²) in [6.45, 7) is 5.20. The Morgan fingerprint density at radius 1 is 1.15 bits per heavy atom. The van der Waals surface area contributed by atoms with Crippen LogP contribution in [0, 0.1) is 23.1 Å². The number of nitriles is 1. The molecule has 0 aliphatic carbocycles. The van der Waals surface area contributed by atoms with Crippen molar-refractivity contribution in [2.75, 3.05) is 39.9 Å². The zero-order valence-electron chi connectivity index (χ0n) is 23.0. The van der Waals surface area contributed by atoms with Gasteiger partial charge in [0.1, 0.15) is 29.4 Å². The zero-order valence-corrected chi connectivity index (χ0v) is 23.0. The van der Waals surface area contributed by atoms with E-state index >= 15 is 4.39 Å². The summed E-state index contributed by atoms with van der Waals surface area (Å²) in [5.41, 5.74) is -0.948. The molecule has 2 atom stereocenters. The van der Waals surface area contributed by atoms with Crippen LogP contribution in [0.2, 0.25) is 0 Å². The quantitative estimate of drug-likeness (QED) is 0.428. The second-order valence-corrected chi connectivity index (χ2v) is 11.1. The number of hydrogen-bond donors (Lipinski definition) is 0. The van der Waals surface area contributed by atoms with Gasteiger partial charge in [0.2, 0.25) is 0 Å². The third-order valence-electron chi connectivity index (χ3n) is 7.41. The second kappa shape index (κ2) is 12.3. The number of halogens is 3. The van der Waals surface area contributed by atoms with Gasteiger partial charge >= 0.3 is 5.97 Å². The van der Waals surface area contributed by atoms with Crippen LogP contribution in [0.4, 0.5) is 13.2 Å². The fourth-order valence-electron chi connectivity index (χ4n) is 5.48. The van der Waals surface area contributed by atoms with Crippen molar-refractivity contribution in [2.45, 2.75) is 51.0 Å². The maximum atomic E-state index is 15.1. The van der Waals surface area contributed by atoms with Gasteiger partial charge in [-0.25, -0.2) is 18.0 Å². The molecule has 0 N–H and O–H groups in total. The van der Waals surface area contributed by atoms with E-state index in [1.807, 2.05) is 0 Å². The minimum Gasteiger partial charge on any atom is -0.493 e. The van der Waals surface area contributed by atoms with E-state index in [1.54, 1.807) is 32.0 Å². The van der Waals surface area contributed by atoms with Crippen molar-refractivity contribution in [3.05, 3.63) is 53.3 Å². The number of carbonyl (C=O) groups excluding carboxylic acids is 2. The summed E-state index contributed by atoms with van der Waals surface area (Å²) < 4.78 is 54.0. The number of carbonyl (C=O) groups is 2. The number of methoxy groups -OCH3 is 1. The first-order chi connectivity index (χ1) is 19.0. The number of benzene rings is 2. The largest absolute Gasteiger partial charge is 0.493 e. The highest BCUT2D eigenvalue weighted by atomic mass is 19.1. The van der Waals surface area contributed by atoms with E-state index in [0.717, 1.165) is 44.0 Å². The Morgan fingerprint density at radius 3 is 2.52 bits per heavy atom. The van der Waals surface area contributed by atoms with Gasteiger partial charge in [-0.2, -0.15) is 5.26 Å². The van der Waals surface area contributed by atoms with Crippen LogP contribution in [0.1, 0.15) is 49.0 Å². The number of likely N-dealkylation sites (tertiary alicyclic amines) is 2. The highest BCUT2D eigenvalue weighted by Gasteiger charge is 2.42. The molecular formula is C30H34F3N3O4. The van der Waals surface area contributed by atoms with Crippen LogP contribution in [0.15, 0.2) is 36.4 Å². The molecule has 0 unspecified atom stereocenters. The zero-order chi connectivity index (χ0) is 29.0. The Hall–Kier alpha value is -3.58. The Balaban J connectivity index is 1.51. The van der Waals surface area contributed by atoms with Crippen LogP contribution < -0.4 is 4.74 Å². The predicted octanol–water partition coefficient (Wildman–Crippen LogP) is 4.93. The van der Waals surface area contributed by atoms with E-state index in [4.69, 9.17) is 9.47 Å². The Bertz CT molecular complexity index is 1280. The molecule has 2 heterocycles. The van der Waals surface area contributed by atoms with Crippen LogP contribution in [0.5, 0.6) is 5.75 Å². The second-order valence-electron chi connectivity index (χ2n) is 11.1. The van der Waals surface area contributed by atoms with Crippen LogP contribution in [-0.4, -0.2) is 79.5 Å². The number of ether oxygens (including phenoxy) is 2. The molecule has 4 rings (SSSR count). The van der Waals surface area contributed by atoms with E-state index in [-0.39, 0.29) is 29.7 Å². The maximum Gasteiger partial charge on any atom is 0.328 e. The molecule has 2 saturated heterocycles. The maximum absolute atomic E-state index is 15.1. The first kappa shape index (κ1) is 29.4. The first-order valence-electron chi connectivity index (χ1n) is 13.4. The average Bonchev–Trinajstić information content (AvgIpc) is 3.32. The average molecular weight is 558 g/mol. The Morgan fingerprint density at radius 2 is 1.88 bits per heavy atom. The van der Waals surface area contributed by atoms with Crippen LogP contribution >= 0.6 is 0 Å². The lowest BCUT2D eigenvalue weighted by Gasteiger charge is -2.34. The van der Waals surface area contributed by atoms with E-state index < -0.39 is 35.6 Å². The van der Waals surface area contributed by atoms with Gasteiger partial charge in [-0.15, -0.1) is 0 Å². The molecule has 2 aliphatic heterocycles. The smallest absolute Gasteiger partial charge is 0.328 e. The van der Waals surface area contributed by atoms with E-state index in [9.17, 15) is 23.6 Å². The molecule has 2 fully saturated rings. The van der Waals surface area contributed by atoms with Crippen molar-refractivity contribution in [2.24, 2.45) is 5.92 Å². The van der Waals surface area contributed by atoms with E-state index in [2.05, 4.69) is 11.0 Å². The minimum atomic E-state index is -1.45. The lowest BCUT2D eigenvalue weighted by atomic mass is 9.94. The number of nitrogens with zero attached hydrogens (tertiary/aromatic N) is 3. The summed E-state index contributed by atoms with van der Waals surface area (Å²) in [6.07, 6.45) is 0.0650. The van der Waals surface area contributed by atoms with Crippen molar-refractivity contribution < 1.29 is 32.2 Å². The number of hydrogen-bond acceptors (Lipinski definition) is 6. The van der Waals surface area contributed by atoms with Gasteiger partial charge < -0.3 is 19.3 Å². The van der Waals surface area contributed by atoms with Gasteiger partial charge in [-0.3, -0.25) is 4.79 Å². The number of alkyl halides is 2. The molecule has 2 aromatic rings. The van der Waals surface area contributed by atoms with Gasteiger partial charge in [-0.1, -0.05) is 12.1 Å². The van der Waals surface area contributed by atoms with Crippen molar-refractivity contribution in [1.29, 1.82) is 5.26 Å². The van der Waals surface area contributed by atoms with Crippen molar-refractivity contribution >= 4 is 11.9 Å². The lowest BCUT2D eigenvalue weighted by Crippen LogP contribution is -2.41. The fourth-order valence-corrected chi connectivity index (χ4v) is 5.48. The Kier molecular flexibility index (Phi) is 9.04. The molecule has 0 bridgehead atoms. The molecule has 10 heteroatoms. The SMILES string of the molecule is COC(=O)[C@@H]1C[C@H](F)CN1C(=O)c1c(F)cccc1-c1ccc(OCC2CCN(CC(C)(C)F)CC2)cc1C#N. The lowest BCUT2D eigenvalue weighted by molar-refractivity contribution is -0.145. The molecule has 7 nitrogen and oxygen atoms in total. The molecule has 0 saturated carbocycles. The highest BCUT2D eigenvalue weighted by molar-refractivity contribution is 6.03. The van der Waals surface area contributed by atoms with Gasteiger partial charge in [-0.05, 0) is 75.5 Å². The summed E-state index contributed by atoms with van der Waals surface area (Å²) >= 11 is 0. The molecule has 1 amide bonds. The number of rotatable bonds is 8. The van der Waals surface area contributed by atoms with Crippen molar-refractivity contribution in [1.82, 2.24) is 9.80 Å². The number of amides is 1. The molecular weight excluding hydrogens is 523 g/mol.